The number of benzene rings is 2. The number of hydrogen-bond acceptors (Lipinski definition) is 4. The van der Waals surface area contributed by atoms with Gasteiger partial charge in [0.15, 0.2) is 0 Å². The number of likely N-dealkylation sites (tertiary alicyclic amines) is 1. The van der Waals surface area contributed by atoms with Crippen molar-refractivity contribution in [3.63, 3.8) is 0 Å². The van der Waals surface area contributed by atoms with Crippen LogP contribution in [0.5, 0.6) is 0 Å². The molecule has 0 radical (unpaired) electrons. The minimum absolute atomic E-state index is 0.0576. The number of pyridine rings is 1. The second-order valence-electron chi connectivity index (χ2n) is 11.6. The van der Waals surface area contributed by atoms with E-state index >= 15 is 0 Å². The lowest BCUT2D eigenvalue weighted by molar-refractivity contribution is 0.0791. The number of nitrogens with one attached hydrogen (secondary N) is 2. The fourth-order valence-electron chi connectivity index (χ4n) is 6.22. The third-order valence-electron chi connectivity index (χ3n) is 8.68. The number of nitrogens with zero attached hydrogens (tertiary/aromatic N) is 2. The lowest BCUT2D eigenvalue weighted by Gasteiger charge is -2.52. The monoisotopic (exact) mass is 538 g/mol. The number of halogens is 1. The van der Waals surface area contributed by atoms with Crippen molar-refractivity contribution in [1.82, 2.24) is 20.5 Å². The Morgan fingerprint density at radius 2 is 1.60 bits per heavy atom. The summed E-state index contributed by atoms with van der Waals surface area (Å²) in [6, 6.07) is 16.4. The Labute approximate surface area is 234 Å². The first kappa shape index (κ1) is 26.4. The normalized spacial score (nSPS) is 18.2. The predicted octanol–water partition coefficient (Wildman–Crippen LogP) is 5.44. The molecule has 2 aliphatic heterocycles. The van der Waals surface area contributed by atoms with E-state index in [1.165, 1.54) is 29.5 Å². The lowest BCUT2D eigenvalue weighted by atomic mass is 9.60. The summed E-state index contributed by atoms with van der Waals surface area (Å²) < 4.78 is 13.7. The summed E-state index contributed by atoms with van der Waals surface area (Å²) in [4.78, 5) is 32.3. The van der Waals surface area contributed by atoms with Crippen LogP contribution in [0.2, 0.25) is 0 Å². The Bertz CT molecular complexity index is 1460. The van der Waals surface area contributed by atoms with Gasteiger partial charge in [-0.15, -0.1) is 0 Å². The van der Waals surface area contributed by atoms with Gasteiger partial charge in [0.1, 0.15) is 5.82 Å². The highest BCUT2D eigenvalue weighted by molar-refractivity contribution is 6.00. The van der Waals surface area contributed by atoms with E-state index in [0.717, 1.165) is 68.6 Å². The molecule has 3 fully saturated rings. The molecule has 0 bridgehead atoms. The first-order valence-electron chi connectivity index (χ1n) is 14.2. The maximum Gasteiger partial charge on any atom is 0.255 e. The van der Waals surface area contributed by atoms with Gasteiger partial charge in [-0.2, -0.15) is 0 Å². The van der Waals surface area contributed by atoms with Gasteiger partial charge in [0.2, 0.25) is 0 Å². The molecule has 2 aromatic carbocycles. The zero-order chi connectivity index (χ0) is 27.9. The van der Waals surface area contributed by atoms with Crippen LogP contribution in [0.15, 0.2) is 66.4 Å². The average molecular weight is 539 g/mol. The molecular formula is C33H35FN4O2. The van der Waals surface area contributed by atoms with Gasteiger partial charge < -0.3 is 15.5 Å². The molecule has 206 valence electrons. The summed E-state index contributed by atoms with van der Waals surface area (Å²) in [5.74, 6) is -0.557. The van der Waals surface area contributed by atoms with Crippen LogP contribution in [0.25, 0.3) is 5.57 Å². The van der Waals surface area contributed by atoms with Crippen LogP contribution < -0.4 is 10.6 Å². The van der Waals surface area contributed by atoms with Gasteiger partial charge in [-0.25, -0.2) is 4.39 Å². The number of carbonyl (C=O) groups excluding carboxylic acids is 2. The predicted molar refractivity (Wildman–Crippen MR) is 153 cm³/mol. The quantitative estimate of drug-likeness (QED) is 0.438. The number of allylic oxidation sites excluding steroid dienone is 1. The van der Waals surface area contributed by atoms with Gasteiger partial charge in [-0.3, -0.25) is 14.6 Å². The second-order valence-corrected chi connectivity index (χ2v) is 11.6. The molecule has 0 unspecified atom stereocenters. The Kier molecular flexibility index (Phi) is 7.00. The van der Waals surface area contributed by atoms with Crippen molar-refractivity contribution in [2.45, 2.75) is 45.6 Å². The van der Waals surface area contributed by atoms with Crippen LogP contribution in [-0.2, 0) is 0 Å². The smallest absolute Gasteiger partial charge is 0.255 e. The molecule has 6 rings (SSSR count). The molecular weight excluding hydrogens is 503 g/mol. The third kappa shape index (κ3) is 5.06. The van der Waals surface area contributed by atoms with Gasteiger partial charge >= 0.3 is 0 Å². The molecule has 1 saturated carbocycles. The van der Waals surface area contributed by atoms with Gasteiger partial charge in [0.05, 0.1) is 22.9 Å². The molecule has 7 heteroatoms. The molecule has 3 aliphatic rings. The standard InChI is InChI=1S/C33H35FN4O2/c1-21(37-31(39)26-15-29(22(2)36-18-26)32(40)38-13-3-4-14-38)23-5-7-24(8-6-23)30(25-9-11-28(34)12-10-25)27-16-33(17-27)19-35-20-33/h5-12,15,18,21,35H,3-4,13-14,16-17,19-20H2,1-2H3,(H,37,39)/t21-/m1/s1. The molecule has 1 spiro atoms. The van der Waals surface area contributed by atoms with Crippen LogP contribution in [-0.4, -0.2) is 47.9 Å². The molecule has 6 nitrogen and oxygen atoms in total. The molecule has 3 heterocycles. The van der Waals surface area contributed by atoms with Gasteiger partial charge in [-0.05, 0) is 80.0 Å². The lowest BCUT2D eigenvalue weighted by Crippen LogP contribution is -2.58. The summed E-state index contributed by atoms with van der Waals surface area (Å²) in [5, 5.41) is 6.45. The molecule has 2 amide bonds. The van der Waals surface area contributed by atoms with E-state index < -0.39 is 0 Å². The highest BCUT2D eigenvalue weighted by Crippen LogP contribution is 2.51. The molecule has 40 heavy (non-hydrogen) atoms. The highest BCUT2D eigenvalue weighted by Gasteiger charge is 2.46. The number of rotatable bonds is 6. The number of aromatic nitrogens is 1. The summed E-state index contributed by atoms with van der Waals surface area (Å²) in [6.07, 6.45) is 5.68. The van der Waals surface area contributed by atoms with Crippen molar-refractivity contribution in [3.05, 3.63) is 106 Å². The van der Waals surface area contributed by atoms with Gasteiger partial charge in [0, 0.05) is 37.8 Å². The first-order valence-corrected chi connectivity index (χ1v) is 14.2. The molecule has 1 aromatic heterocycles. The molecule has 3 aromatic rings. The van der Waals surface area contributed by atoms with Crippen molar-refractivity contribution in [2.24, 2.45) is 5.41 Å². The van der Waals surface area contributed by atoms with Crippen molar-refractivity contribution < 1.29 is 14.0 Å². The Morgan fingerprint density at radius 1 is 0.975 bits per heavy atom. The van der Waals surface area contributed by atoms with Crippen molar-refractivity contribution >= 4 is 17.4 Å². The van der Waals surface area contributed by atoms with E-state index in [1.54, 1.807) is 13.0 Å². The van der Waals surface area contributed by atoms with Gasteiger partial charge in [-0.1, -0.05) is 42.0 Å². The zero-order valence-electron chi connectivity index (χ0n) is 23.1. The van der Waals surface area contributed by atoms with E-state index in [0.29, 0.717) is 22.2 Å². The molecule has 1 aliphatic carbocycles. The molecule has 2 N–H and O–H groups in total. The molecule has 2 saturated heterocycles. The SMILES string of the molecule is Cc1ncc(C(=O)N[C@H](C)c2ccc(C(=C3CC4(CNC4)C3)c3ccc(F)cc3)cc2)cc1C(=O)N1CCCC1. The Hall–Kier alpha value is -3.84. The summed E-state index contributed by atoms with van der Waals surface area (Å²) in [7, 11) is 0. The third-order valence-corrected chi connectivity index (χ3v) is 8.68. The Balaban J connectivity index is 1.19. The first-order chi connectivity index (χ1) is 19.3. The second kappa shape index (κ2) is 10.6. The van der Waals surface area contributed by atoms with Crippen molar-refractivity contribution in [1.29, 1.82) is 0 Å². The van der Waals surface area contributed by atoms with E-state index in [2.05, 4.69) is 27.8 Å². The van der Waals surface area contributed by atoms with Crippen molar-refractivity contribution in [2.75, 3.05) is 26.2 Å². The number of amides is 2. The number of hydrogen-bond donors (Lipinski definition) is 2. The highest BCUT2D eigenvalue weighted by atomic mass is 19.1. The van der Waals surface area contributed by atoms with Crippen molar-refractivity contribution in [3.8, 4) is 0 Å². The fraction of sp³-hybridized carbons (Fsp3) is 0.364. The van der Waals surface area contributed by atoms with Crippen LogP contribution >= 0.6 is 0 Å². The van der Waals surface area contributed by atoms with E-state index in [9.17, 15) is 14.0 Å². The maximum atomic E-state index is 13.7. The van der Waals surface area contributed by atoms with E-state index in [1.807, 2.05) is 36.1 Å². The van der Waals surface area contributed by atoms with Gasteiger partial charge in [0.25, 0.3) is 11.8 Å². The van der Waals surface area contributed by atoms with Crippen LogP contribution in [0.4, 0.5) is 4.39 Å². The van der Waals surface area contributed by atoms with Crippen LogP contribution in [0, 0.1) is 18.2 Å². The number of carbonyl (C=O) groups is 2. The minimum atomic E-state index is -0.262. The largest absolute Gasteiger partial charge is 0.345 e. The topological polar surface area (TPSA) is 74.3 Å². The zero-order valence-corrected chi connectivity index (χ0v) is 23.1. The van der Waals surface area contributed by atoms with E-state index in [-0.39, 0.29) is 23.7 Å². The summed E-state index contributed by atoms with van der Waals surface area (Å²) >= 11 is 0. The fourth-order valence-corrected chi connectivity index (χ4v) is 6.22. The maximum absolute atomic E-state index is 13.7. The minimum Gasteiger partial charge on any atom is -0.345 e. The molecule has 1 atom stereocenters. The van der Waals surface area contributed by atoms with Crippen LogP contribution in [0.3, 0.4) is 0 Å². The van der Waals surface area contributed by atoms with E-state index in [4.69, 9.17) is 0 Å². The number of aryl methyl sites for hydroxylation is 1. The van der Waals surface area contributed by atoms with Crippen LogP contribution in [0.1, 0.15) is 81.7 Å². The summed E-state index contributed by atoms with van der Waals surface area (Å²) in [6.45, 7) is 7.38. The summed E-state index contributed by atoms with van der Waals surface area (Å²) in [5.41, 5.74) is 7.58. The average Bonchev–Trinajstić information content (AvgIpc) is 3.45. The Morgan fingerprint density at radius 3 is 2.20 bits per heavy atom.